The molecule has 0 unspecified atom stereocenters. The van der Waals surface area contributed by atoms with Gasteiger partial charge in [0.1, 0.15) is 0 Å². The van der Waals surface area contributed by atoms with Crippen molar-refractivity contribution in [3.8, 4) is 33.4 Å². The summed E-state index contributed by atoms with van der Waals surface area (Å²) in [6.07, 6.45) is 9.34. The van der Waals surface area contributed by atoms with Crippen LogP contribution in [0.2, 0.25) is 0 Å². The van der Waals surface area contributed by atoms with Gasteiger partial charge in [-0.05, 0) is 183 Å². The number of hydrogen-bond acceptors (Lipinski definition) is 2. The lowest BCUT2D eigenvalue weighted by molar-refractivity contribution is 0.332. The molecule has 0 saturated heterocycles. The molecular weight excluding hydrogens is 820 g/mol. The summed E-state index contributed by atoms with van der Waals surface area (Å²) in [6.45, 7) is 26.5. The Kier molecular flexibility index (Phi) is 11.7. The minimum atomic E-state index is 0.0676. The molecule has 7 aromatic carbocycles. The number of nitrogens with one attached hydrogen (secondary N) is 1. The van der Waals surface area contributed by atoms with E-state index in [0.29, 0.717) is 0 Å². The maximum atomic E-state index is 4.13. The Morgan fingerprint density at radius 1 is 0.471 bits per heavy atom. The van der Waals surface area contributed by atoms with Crippen molar-refractivity contribution in [2.45, 2.75) is 149 Å². The molecule has 1 aliphatic heterocycles. The highest BCUT2D eigenvalue weighted by Crippen LogP contribution is 2.51. The highest BCUT2D eigenvalue weighted by molar-refractivity contribution is 6.73. The average Bonchev–Trinajstić information content (AvgIpc) is 3.32. The van der Waals surface area contributed by atoms with Crippen molar-refractivity contribution >= 4 is 46.6 Å². The zero-order chi connectivity index (χ0) is 47.8. The molecule has 7 aromatic rings. The summed E-state index contributed by atoms with van der Waals surface area (Å²) in [4.78, 5) is 2.66. The number of unbranched alkanes of at least 4 members (excludes halogenated alkanes) is 2. The lowest BCUT2D eigenvalue weighted by Gasteiger charge is -2.44. The van der Waals surface area contributed by atoms with E-state index in [1.165, 1.54) is 145 Å². The monoisotopic (exact) mass is 892 g/mol. The van der Waals surface area contributed by atoms with Gasteiger partial charge in [-0.3, -0.25) is 0 Å². The lowest BCUT2D eigenvalue weighted by Crippen LogP contribution is -2.41. The molecule has 0 spiro atoms. The molecule has 3 heteroatoms. The van der Waals surface area contributed by atoms with Gasteiger partial charge in [-0.15, -0.1) is 0 Å². The molecule has 2 nitrogen and oxygen atoms in total. The van der Waals surface area contributed by atoms with Gasteiger partial charge in [-0.1, -0.05) is 178 Å². The fourth-order valence-electron chi connectivity index (χ4n) is 11.8. The van der Waals surface area contributed by atoms with E-state index in [2.05, 4.69) is 227 Å². The molecule has 10 rings (SSSR count). The summed E-state index contributed by atoms with van der Waals surface area (Å²) in [6, 6.07) is 51.3. The predicted octanol–water partition coefficient (Wildman–Crippen LogP) is 16.9. The van der Waals surface area contributed by atoms with E-state index in [9.17, 15) is 0 Å². The second-order valence-corrected chi connectivity index (χ2v) is 23.3. The fraction of sp³-hybridized carbons (Fsp3) is 0.354. The topological polar surface area (TPSA) is 15.3 Å². The van der Waals surface area contributed by atoms with Gasteiger partial charge in [-0.2, -0.15) is 0 Å². The van der Waals surface area contributed by atoms with Crippen LogP contribution in [0.3, 0.4) is 0 Å². The zero-order valence-electron chi connectivity index (χ0n) is 42.9. The molecule has 0 fully saturated rings. The van der Waals surface area contributed by atoms with Crippen molar-refractivity contribution in [1.29, 1.82) is 0 Å². The number of nitrogens with zero attached hydrogens (tertiary/aromatic N) is 1. The van der Waals surface area contributed by atoms with Gasteiger partial charge in [-0.25, -0.2) is 0 Å². The fourth-order valence-corrected chi connectivity index (χ4v) is 11.8. The third kappa shape index (κ3) is 8.33. The van der Waals surface area contributed by atoms with E-state index in [-0.39, 0.29) is 21.7 Å². The van der Waals surface area contributed by atoms with E-state index < -0.39 is 0 Å². The minimum absolute atomic E-state index is 0.0676. The van der Waals surface area contributed by atoms with Crippen LogP contribution in [0.4, 0.5) is 28.4 Å². The quantitative estimate of drug-likeness (QED) is 0.109. The van der Waals surface area contributed by atoms with E-state index >= 15 is 0 Å². The van der Waals surface area contributed by atoms with Gasteiger partial charge in [0.05, 0.1) is 0 Å². The van der Waals surface area contributed by atoms with Crippen molar-refractivity contribution in [1.82, 2.24) is 0 Å². The maximum absolute atomic E-state index is 4.13. The van der Waals surface area contributed by atoms with Gasteiger partial charge in [0, 0.05) is 34.0 Å². The van der Waals surface area contributed by atoms with Crippen molar-refractivity contribution < 1.29 is 0 Å². The molecule has 345 valence electrons. The molecule has 1 radical (unpaired) electrons. The number of rotatable bonds is 10. The Morgan fingerprint density at radius 3 is 1.62 bits per heavy atom. The SMILES string of the molecule is CCCCCc1cc(-c2cc(-c3ccccc3)ccc2Nc2cc3c(cc2C)C(C)(C)CCC3(C)C)c2c(c1)N(c1cc3c(cc1C)C(C)(C)CCC3(C)C)c1cc(-c3ccccc3)ccc1[B]2. The van der Waals surface area contributed by atoms with Crippen LogP contribution in [0.25, 0.3) is 33.4 Å². The van der Waals surface area contributed by atoms with Crippen LogP contribution in [-0.4, -0.2) is 7.28 Å². The summed E-state index contributed by atoms with van der Waals surface area (Å²) in [5.74, 6) is 0. The number of anilines is 5. The second-order valence-electron chi connectivity index (χ2n) is 23.3. The third-order valence-corrected chi connectivity index (χ3v) is 16.5. The average molecular weight is 892 g/mol. The summed E-state index contributed by atoms with van der Waals surface area (Å²) in [5.41, 5.74) is 26.4. The van der Waals surface area contributed by atoms with E-state index in [1.54, 1.807) is 0 Å². The molecule has 0 aromatic heterocycles. The molecular formula is C65H72BN2. The molecule has 0 bridgehead atoms. The molecule has 0 atom stereocenters. The lowest BCUT2D eigenvalue weighted by atomic mass is 9.57. The van der Waals surface area contributed by atoms with Crippen molar-refractivity contribution in [3.05, 3.63) is 172 Å². The normalized spacial score (nSPS) is 17.0. The van der Waals surface area contributed by atoms with E-state index in [4.69, 9.17) is 0 Å². The molecule has 68 heavy (non-hydrogen) atoms. The maximum Gasteiger partial charge on any atom is 0.197 e. The first-order valence-corrected chi connectivity index (χ1v) is 25.7. The summed E-state index contributed by atoms with van der Waals surface area (Å²) < 4.78 is 0. The van der Waals surface area contributed by atoms with Crippen molar-refractivity contribution in [2.75, 3.05) is 10.2 Å². The summed E-state index contributed by atoms with van der Waals surface area (Å²) >= 11 is 0. The van der Waals surface area contributed by atoms with Gasteiger partial charge in [0.15, 0.2) is 7.28 Å². The van der Waals surface area contributed by atoms with Crippen LogP contribution in [0, 0.1) is 13.8 Å². The Morgan fingerprint density at radius 2 is 1.01 bits per heavy atom. The highest BCUT2D eigenvalue weighted by atomic mass is 15.2. The number of hydrogen-bond donors (Lipinski definition) is 1. The zero-order valence-corrected chi connectivity index (χ0v) is 42.9. The van der Waals surface area contributed by atoms with Crippen LogP contribution in [-0.2, 0) is 28.1 Å². The predicted molar refractivity (Wildman–Crippen MR) is 295 cm³/mol. The van der Waals surface area contributed by atoms with Crippen LogP contribution in [0.5, 0.6) is 0 Å². The van der Waals surface area contributed by atoms with E-state index in [1.807, 2.05) is 0 Å². The first-order valence-electron chi connectivity index (χ1n) is 25.7. The van der Waals surface area contributed by atoms with Gasteiger partial charge in [0.2, 0.25) is 0 Å². The largest absolute Gasteiger partial charge is 0.355 e. The second kappa shape index (κ2) is 17.3. The Balaban J connectivity index is 1.23. The van der Waals surface area contributed by atoms with Crippen molar-refractivity contribution in [2.24, 2.45) is 0 Å². The van der Waals surface area contributed by atoms with Gasteiger partial charge >= 0.3 is 0 Å². The van der Waals surface area contributed by atoms with Crippen LogP contribution in [0.1, 0.15) is 146 Å². The van der Waals surface area contributed by atoms with Gasteiger partial charge < -0.3 is 10.2 Å². The molecule has 2 aliphatic carbocycles. The Labute approximate surface area is 409 Å². The molecule has 1 heterocycles. The molecule has 0 saturated carbocycles. The smallest absolute Gasteiger partial charge is 0.197 e. The third-order valence-electron chi connectivity index (χ3n) is 16.5. The first kappa shape index (κ1) is 46.0. The number of fused-ring (bicyclic) bond motifs is 4. The van der Waals surface area contributed by atoms with E-state index in [0.717, 1.165) is 18.5 Å². The molecule has 3 aliphatic rings. The standard InChI is InChI=1S/C65H72BN2/c1-12-13-16-21-44-36-50(49-38-47(45-22-17-14-18-23-45)27-29-56(49)67-57-40-53-51(34-42(57)2)62(4,5)30-32-64(53,8)9)61-60(37-44)68(59-39-48(26-28-55(59)66-61)46-24-19-15-20-25-46)58-41-54-52(35-43(58)3)63(6,7)31-33-65(54,10)11/h14-15,17-20,22-29,34-41,67H,12-13,16,21,30-33H2,1-11H3. The van der Waals surface area contributed by atoms with Crippen LogP contribution >= 0.6 is 0 Å². The molecule has 0 amide bonds. The first-order chi connectivity index (χ1) is 32.4. The Bertz CT molecular complexity index is 3040. The van der Waals surface area contributed by atoms with Crippen molar-refractivity contribution in [3.63, 3.8) is 0 Å². The number of aryl methyl sites for hydroxylation is 3. The summed E-state index contributed by atoms with van der Waals surface area (Å²) in [5, 5.41) is 4.13. The van der Waals surface area contributed by atoms with Crippen LogP contribution < -0.4 is 21.1 Å². The molecule has 1 N–H and O–H groups in total. The Hall–Kier alpha value is -5.80. The summed E-state index contributed by atoms with van der Waals surface area (Å²) in [7, 11) is 2.50. The van der Waals surface area contributed by atoms with Gasteiger partial charge in [0.25, 0.3) is 0 Å². The highest BCUT2D eigenvalue weighted by Gasteiger charge is 2.40. The minimum Gasteiger partial charge on any atom is -0.355 e. The van der Waals surface area contributed by atoms with Crippen LogP contribution in [0.15, 0.2) is 133 Å². The number of benzene rings is 7.